The van der Waals surface area contributed by atoms with Gasteiger partial charge in [0.25, 0.3) is 0 Å². The molecule has 2 aromatic heterocycles. The molecule has 7 nitrogen and oxygen atoms in total. The Bertz CT molecular complexity index is 525. The van der Waals surface area contributed by atoms with Crippen molar-refractivity contribution in [2.45, 2.75) is 37.5 Å². The molecule has 0 unspecified atom stereocenters. The summed E-state index contributed by atoms with van der Waals surface area (Å²) in [7, 11) is 1.62. The first-order chi connectivity index (χ1) is 9.28. The van der Waals surface area contributed by atoms with Crippen molar-refractivity contribution in [2.24, 2.45) is 5.73 Å². The molecular formula is C11H17N5O2S. The fourth-order valence-corrected chi connectivity index (χ4v) is 2.57. The first-order valence-electron chi connectivity index (χ1n) is 5.96. The van der Waals surface area contributed by atoms with Crippen LogP contribution in [0.25, 0.3) is 0 Å². The number of thioether (sulfide) groups is 1. The van der Waals surface area contributed by atoms with Gasteiger partial charge in [-0.25, -0.2) is 0 Å². The lowest BCUT2D eigenvalue weighted by Crippen LogP contribution is -2.08. The minimum atomic E-state index is 0.392. The maximum Gasteiger partial charge on any atom is 0.191 e. The predicted molar refractivity (Wildman–Crippen MR) is 70.4 cm³/mol. The number of methoxy groups -OCH3 is 1. The number of ether oxygens (including phenoxy) is 1. The van der Waals surface area contributed by atoms with Crippen molar-refractivity contribution in [3.05, 3.63) is 23.3 Å². The lowest BCUT2D eigenvalue weighted by molar-refractivity contribution is 0.156. The zero-order valence-electron chi connectivity index (χ0n) is 11.0. The molecule has 2 N–H and O–H groups in total. The molecule has 0 aromatic carbocycles. The Labute approximate surface area is 115 Å². The molecule has 0 atom stereocenters. The lowest BCUT2D eigenvalue weighted by Gasteiger charge is -2.04. The minimum Gasteiger partial charge on any atom is -0.377 e. The van der Waals surface area contributed by atoms with Gasteiger partial charge in [0.15, 0.2) is 10.9 Å². The summed E-state index contributed by atoms with van der Waals surface area (Å²) in [5.74, 6) is 2.19. The Morgan fingerprint density at radius 3 is 3.00 bits per heavy atom. The van der Waals surface area contributed by atoms with Crippen LogP contribution in [0.2, 0.25) is 0 Å². The first-order valence-corrected chi connectivity index (χ1v) is 6.95. The third-order valence-corrected chi connectivity index (χ3v) is 3.54. The summed E-state index contributed by atoms with van der Waals surface area (Å²) in [5.41, 5.74) is 6.47. The zero-order valence-corrected chi connectivity index (χ0v) is 11.8. The minimum absolute atomic E-state index is 0.392. The molecule has 0 aliphatic rings. The van der Waals surface area contributed by atoms with E-state index in [1.54, 1.807) is 18.9 Å². The highest BCUT2D eigenvalue weighted by Crippen LogP contribution is 2.21. The van der Waals surface area contributed by atoms with E-state index in [1.807, 2.05) is 17.6 Å². The first kappa shape index (κ1) is 14.0. The second-order valence-corrected chi connectivity index (χ2v) is 4.80. The Kier molecular flexibility index (Phi) is 4.94. The van der Waals surface area contributed by atoms with Gasteiger partial charge < -0.3 is 19.6 Å². The van der Waals surface area contributed by atoms with E-state index in [0.717, 1.165) is 29.0 Å². The maximum atomic E-state index is 5.61. The Hall–Kier alpha value is -1.38. The summed E-state index contributed by atoms with van der Waals surface area (Å²) in [5, 5.41) is 13.0. The Morgan fingerprint density at radius 2 is 2.32 bits per heavy atom. The van der Waals surface area contributed by atoms with Crippen LogP contribution in [0.15, 0.2) is 15.7 Å². The summed E-state index contributed by atoms with van der Waals surface area (Å²) in [6, 6.07) is 1.88. The van der Waals surface area contributed by atoms with Crippen molar-refractivity contribution in [2.75, 3.05) is 7.11 Å². The largest absolute Gasteiger partial charge is 0.377 e. The molecule has 0 saturated carbocycles. The highest BCUT2D eigenvalue weighted by Gasteiger charge is 2.11. The zero-order chi connectivity index (χ0) is 13.7. The third kappa shape index (κ3) is 3.34. The van der Waals surface area contributed by atoms with Gasteiger partial charge in [-0.05, 0) is 6.92 Å². The molecule has 19 heavy (non-hydrogen) atoms. The van der Waals surface area contributed by atoms with E-state index in [1.165, 1.54) is 0 Å². The van der Waals surface area contributed by atoms with Gasteiger partial charge in [0.2, 0.25) is 0 Å². The smallest absolute Gasteiger partial charge is 0.191 e. The average molecular weight is 283 g/mol. The van der Waals surface area contributed by atoms with Gasteiger partial charge in [0.1, 0.15) is 12.4 Å². The molecule has 0 saturated heterocycles. The van der Waals surface area contributed by atoms with Gasteiger partial charge in [-0.2, -0.15) is 0 Å². The van der Waals surface area contributed by atoms with Gasteiger partial charge >= 0.3 is 0 Å². The number of rotatable bonds is 7. The van der Waals surface area contributed by atoms with E-state index in [0.29, 0.717) is 18.9 Å². The lowest BCUT2D eigenvalue weighted by atomic mass is 10.4. The van der Waals surface area contributed by atoms with Crippen molar-refractivity contribution in [3.63, 3.8) is 0 Å². The van der Waals surface area contributed by atoms with Crippen LogP contribution in [-0.4, -0.2) is 27.0 Å². The van der Waals surface area contributed by atoms with E-state index in [-0.39, 0.29) is 0 Å². The summed E-state index contributed by atoms with van der Waals surface area (Å²) in [6.45, 7) is 3.67. The monoisotopic (exact) mass is 283 g/mol. The highest BCUT2D eigenvalue weighted by molar-refractivity contribution is 7.98. The SMILES string of the molecule is CCn1c(CN)nnc1SCc1cc(COC)on1. The maximum absolute atomic E-state index is 5.61. The van der Waals surface area contributed by atoms with Gasteiger partial charge in [-0.15, -0.1) is 10.2 Å². The van der Waals surface area contributed by atoms with Crippen LogP contribution < -0.4 is 5.73 Å². The van der Waals surface area contributed by atoms with Crippen LogP contribution in [0.4, 0.5) is 0 Å². The highest BCUT2D eigenvalue weighted by atomic mass is 32.2. The molecule has 2 rings (SSSR count). The predicted octanol–water partition coefficient (Wildman–Crippen LogP) is 1.18. The number of aromatic nitrogens is 4. The molecule has 0 aliphatic heterocycles. The van der Waals surface area contributed by atoms with Crippen LogP contribution in [0.5, 0.6) is 0 Å². The van der Waals surface area contributed by atoms with Crippen molar-refractivity contribution in [1.82, 2.24) is 19.9 Å². The molecule has 0 amide bonds. The summed E-state index contributed by atoms with van der Waals surface area (Å²) < 4.78 is 12.1. The molecule has 104 valence electrons. The molecule has 0 bridgehead atoms. The topological polar surface area (TPSA) is 92.0 Å². The molecule has 0 spiro atoms. The van der Waals surface area contributed by atoms with Gasteiger partial charge in [-0.1, -0.05) is 16.9 Å². The van der Waals surface area contributed by atoms with E-state index in [4.69, 9.17) is 15.0 Å². The fourth-order valence-electron chi connectivity index (χ4n) is 1.67. The normalized spacial score (nSPS) is 11.1. The molecule has 0 radical (unpaired) electrons. The van der Waals surface area contributed by atoms with Crippen LogP contribution >= 0.6 is 11.8 Å². The number of hydrogen-bond donors (Lipinski definition) is 1. The van der Waals surface area contributed by atoms with Crippen LogP contribution in [0.3, 0.4) is 0 Å². The van der Waals surface area contributed by atoms with Gasteiger partial charge in [0.05, 0.1) is 12.2 Å². The third-order valence-electron chi connectivity index (χ3n) is 2.54. The molecular weight excluding hydrogens is 266 g/mol. The van der Waals surface area contributed by atoms with E-state index < -0.39 is 0 Å². The second kappa shape index (κ2) is 6.69. The number of hydrogen-bond acceptors (Lipinski definition) is 7. The Morgan fingerprint density at radius 1 is 1.47 bits per heavy atom. The Balaban J connectivity index is 1.99. The van der Waals surface area contributed by atoms with Crippen molar-refractivity contribution in [1.29, 1.82) is 0 Å². The van der Waals surface area contributed by atoms with Gasteiger partial charge in [0, 0.05) is 25.5 Å². The van der Waals surface area contributed by atoms with E-state index in [9.17, 15) is 0 Å². The van der Waals surface area contributed by atoms with Crippen molar-refractivity contribution >= 4 is 11.8 Å². The summed E-state index contributed by atoms with van der Waals surface area (Å²) in [6.07, 6.45) is 0. The molecule has 2 heterocycles. The number of nitrogens with zero attached hydrogens (tertiary/aromatic N) is 4. The second-order valence-electron chi connectivity index (χ2n) is 3.85. The standard InChI is InChI=1S/C11H17N5O2S/c1-3-16-10(5-12)13-14-11(16)19-7-8-4-9(6-17-2)18-15-8/h4H,3,5-7,12H2,1-2H3. The van der Waals surface area contributed by atoms with E-state index >= 15 is 0 Å². The quantitative estimate of drug-likeness (QED) is 0.763. The van der Waals surface area contributed by atoms with Crippen molar-refractivity contribution < 1.29 is 9.26 Å². The fraction of sp³-hybridized carbons (Fsp3) is 0.545. The molecule has 0 fully saturated rings. The van der Waals surface area contributed by atoms with Crippen LogP contribution in [0.1, 0.15) is 24.2 Å². The molecule has 2 aromatic rings. The number of nitrogens with two attached hydrogens (primary N) is 1. The van der Waals surface area contributed by atoms with Crippen LogP contribution in [0, 0.1) is 0 Å². The van der Waals surface area contributed by atoms with Gasteiger partial charge in [-0.3, -0.25) is 0 Å². The molecule has 0 aliphatic carbocycles. The van der Waals surface area contributed by atoms with E-state index in [2.05, 4.69) is 15.4 Å². The van der Waals surface area contributed by atoms with Crippen molar-refractivity contribution in [3.8, 4) is 0 Å². The summed E-state index contributed by atoms with van der Waals surface area (Å²) >= 11 is 1.56. The molecule has 8 heteroatoms. The average Bonchev–Trinajstić information content (AvgIpc) is 3.02. The summed E-state index contributed by atoms with van der Waals surface area (Å²) in [4.78, 5) is 0. The van der Waals surface area contributed by atoms with Crippen LogP contribution in [-0.2, 0) is 30.2 Å².